The van der Waals surface area contributed by atoms with Crippen molar-refractivity contribution in [2.24, 2.45) is 17.1 Å². The number of anilines is 1. The SMILES string of the molecule is Cc1cc(C(=O)N2CCC(N)C(C)(C)C2)ccc1NC(=O)CC(C)C.Cl. The Morgan fingerprint density at radius 1 is 1.35 bits per heavy atom. The lowest BCUT2D eigenvalue weighted by Gasteiger charge is -2.42. The Morgan fingerprint density at radius 2 is 2.00 bits per heavy atom. The quantitative estimate of drug-likeness (QED) is 0.836. The van der Waals surface area contributed by atoms with E-state index in [4.69, 9.17) is 5.73 Å². The minimum atomic E-state index is -0.0757. The van der Waals surface area contributed by atoms with E-state index in [1.807, 2.05) is 37.8 Å². The summed E-state index contributed by atoms with van der Waals surface area (Å²) >= 11 is 0. The van der Waals surface area contributed by atoms with Gasteiger partial charge in [-0.15, -0.1) is 12.4 Å². The largest absolute Gasteiger partial charge is 0.338 e. The maximum Gasteiger partial charge on any atom is 0.253 e. The molecule has 0 radical (unpaired) electrons. The molecule has 1 aliphatic rings. The lowest BCUT2D eigenvalue weighted by atomic mass is 9.79. The summed E-state index contributed by atoms with van der Waals surface area (Å²) in [6.45, 7) is 11.5. The average Bonchev–Trinajstić information content (AvgIpc) is 2.50. The standard InChI is InChI=1S/C20H31N3O2.ClH/c1-13(2)10-18(24)22-16-7-6-15(11-14(16)3)19(25)23-9-8-17(21)20(4,5)12-23;/h6-7,11,13,17H,8-10,12,21H2,1-5H3,(H,22,24);1H. The van der Waals surface area contributed by atoms with E-state index >= 15 is 0 Å². The maximum atomic E-state index is 12.8. The monoisotopic (exact) mass is 381 g/mol. The number of hydrogen-bond donors (Lipinski definition) is 2. The van der Waals surface area contributed by atoms with Crippen LogP contribution in [0.25, 0.3) is 0 Å². The minimum Gasteiger partial charge on any atom is -0.338 e. The predicted molar refractivity (Wildman–Crippen MR) is 109 cm³/mol. The topological polar surface area (TPSA) is 75.4 Å². The highest BCUT2D eigenvalue weighted by atomic mass is 35.5. The lowest BCUT2D eigenvalue weighted by Crippen LogP contribution is -2.54. The number of benzene rings is 1. The third kappa shape index (κ3) is 5.45. The van der Waals surface area contributed by atoms with E-state index < -0.39 is 0 Å². The first kappa shape index (κ1) is 22.5. The fourth-order valence-electron chi connectivity index (χ4n) is 3.24. The van der Waals surface area contributed by atoms with E-state index in [0.717, 1.165) is 17.7 Å². The molecule has 0 bridgehead atoms. The Hall–Kier alpha value is -1.59. The van der Waals surface area contributed by atoms with Gasteiger partial charge in [0.05, 0.1) is 0 Å². The number of nitrogens with one attached hydrogen (secondary N) is 1. The second kappa shape index (κ2) is 8.87. The molecule has 2 amide bonds. The van der Waals surface area contributed by atoms with Crippen molar-refractivity contribution in [3.05, 3.63) is 29.3 Å². The summed E-state index contributed by atoms with van der Waals surface area (Å²) < 4.78 is 0. The number of hydrogen-bond acceptors (Lipinski definition) is 3. The number of carbonyl (C=O) groups excluding carboxylic acids is 2. The number of halogens is 1. The fraction of sp³-hybridized carbons (Fsp3) is 0.600. The van der Waals surface area contributed by atoms with Crippen LogP contribution in [-0.2, 0) is 4.79 Å². The van der Waals surface area contributed by atoms with Crippen LogP contribution in [0.4, 0.5) is 5.69 Å². The van der Waals surface area contributed by atoms with Crippen LogP contribution in [0.5, 0.6) is 0 Å². The highest BCUT2D eigenvalue weighted by molar-refractivity contribution is 5.96. The van der Waals surface area contributed by atoms with Gasteiger partial charge >= 0.3 is 0 Å². The molecule has 2 rings (SSSR count). The highest BCUT2D eigenvalue weighted by Gasteiger charge is 2.35. The second-order valence-electron chi connectivity index (χ2n) is 8.29. The van der Waals surface area contributed by atoms with E-state index in [-0.39, 0.29) is 35.7 Å². The molecule has 1 unspecified atom stereocenters. The van der Waals surface area contributed by atoms with Crippen molar-refractivity contribution < 1.29 is 9.59 Å². The zero-order valence-electron chi connectivity index (χ0n) is 16.5. The van der Waals surface area contributed by atoms with Crippen LogP contribution < -0.4 is 11.1 Å². The Balaban J connectivity index is 0.00000338. The second-order valence-corrected chi connectivity index (χ2v) is 8.29. The molecule has 0 spiro atoms. The van der Waals surface area contributed by atoms with Gasteiger partial charge in [-0.2, -0.15) is 0 Å². The zero-order chi connectivity index (χ0) is 18.8. The van der Waals surface area contributed by atoms with Gasteiger partial charge in [-0.05, 0) is 48.4 Å². The Morgan fingerprint density at radius 3 is 2.54 bits per heavy atom. The molecule has 6 heteroatoms. The zero-order valence-corrected chi connectivity index (χ0v) is 17.3. The molecular weight excluding hydrogens is 350 g/mol. The summed E-state index contributed by atoms with van der Waals surface area (Å²) in [6.07, 6.45) is 1.31. The average molecular weight is 382 g/mol. The van der Waals surface area contributed by atoms with Crippen LogP contribution >= 0.6 is 12.4 Å². The molecule has 0 aromatic heterocycles. The molecular formula is C20H32ClN3O2. The van der Waals surface area contributed by atoms with Gasteiger partial charge in [0.25, 0.3) is 5.91 Å². The number of nitrogens with zero attached hydrogens (tertiary/aromatic N) is 1. The molecule has 146 valence electrons. The molecule has 0 aliphatic carbocycles. The summed E-state index contributed by atoms with van der Waals surface area (Å²) in [7, 11) is 0. The van der Waals surface area contributed by atoms with Gasteiger partial charge in [0.15, 0.2) is 0 Å². The van der Waals surface area contributed by atoms with Crippen LogP contribution in [0.3, 0.4) is 0 Å². The fourth-order valence-corrected chi connectivity index (χ4v) is 3.24. The first-order chi connectivity index (χ1) is 11.6. The Bertz CT molecular complexity index is 658. The van der Waals surface area contributed by atoms with Gasteiger partial charge in [0, 0.05) is 36.8 Å². The van der Waals surface area contributed by atoms with E-state index in [1.54, 1.807) is 6.07 Å². The van der Waals surface area contributed by atoms with Crippen molar-refractivity contribution in [2.45, 2.75) is 53.5 Å². The minimum absolute atomic E-state index is 0. The maximum absolute atomic E-state index is 12.8. The van der Waals surface area contributed by atoms with Gasteiger partial charge in [-0.1, -0.05) is 27.7 Å². The molecule has 1 aromatic carbocycles. The van der Waals surface area contributed by atoms with E-state index in [0.29, 0.717) is 31.0 Å². The molecule has 1 aliphatic heterocycles. The number of piperidine rings is 1. The van der Waals surface area contributed by atoms with Crippen molar-refractivity contribution in [1.29, 1.82) is 0 Å². The van der Waals surface area contributed by atoms with Crippen molar-refractivity contribution in [3.8, 4) is 0 Å². The van der Waals surface area contributed by atoms with Crippen LogP contribution in [0, 0.1) is 18.3 Å². The summed E-state index contributed by atoms with van der Waals surface area (Å²) in [4.78, 5) is 26.7. The third-order valence-corrected chi connectivity index (χ3v) is 4.94. The van der Waals surface area contributed by atoms with Gasteiger partial charge < -0.3 is 16.0 Å². The Kier molecular flexibility index (Phi) is 7.66. The number of nitrogens with two attached hydrogens (primary N) is 1. The lowest BCUT2D eigenvalue weighted by molar-refractivity contribution is -0.116. The van der Waals surface area contributed by atoms with Crippen LogP contribution in [0.2, 0.25) is 0 Å². The first-order valence-electron chi connectivity index (χ1n) is 9.05. The van der Waals surface area contributed by atoms with E-state index in [9.17, 15) is 9.59 Å². The molecule has 5 nitrogen and oxygen atoms in total. The van der Waals surface area contributed by atoms with Gasteiger partial charge in [-0.25, -0.2) is 0 Å². The van der Waals surface area contributed by atoms with Gasteiger partial charge in [0.1, 0.15) is 0 Å². The molecule has 1 fully saturated rings. The number of likely N-dealkylation sites (tertiary alicyclic amines) is 1. The normalized spacial score (nSPS) is 19.0. The number of rotatable bonds is 4. The van der Waals surface area contributed by atoms with E-state index in [2.05, 4.69) is 19.2 Å². The first-order valence-corrected chi connectivity index (χ1v) is 9.05. The Labute approximate surface area is 163 Å². The van der Waals surface area contributed by atoms with E-state index in [1.165, 1.54) is 0 Å². The molecule has 0 saturated carbocycles. The van der Waals surface area contributed by atoms with Crippen LogP contribution in [0.15, 0.2) is 18.2 Å². The van der Waals surface area contributed by atoms with Crippen LogP contribution in [0.1, 0.15) is 56.5 Å². The summed E-state index contributed by atoms with van der Waals surface area (Å²) in [5, 5.41) is 2.93. The van der Waals surface area contributed by atoms with Crippen LogP contribution in [-0.4, -0.2) is 35.8 Å². The smallest absolute Gasteiger partial charge is 0.253 e. The van der Waals surface area contributed by atoms with Crippen molar-refractivity contribution >= 4 is 29.9 Å². The van der Waals surface area contributed by atoms with Gasteiger partial charge in [0.2, 0.25) is 5.91 Å². The van der Waals surface area contributed by atoms with Crippen molar-refractivity contribution in [2.75, 3.05) is 18.4 Å². The van der Waals surface area contributed by atoms with Gasteiger partial charge in [-0.3, -0.25) is 9.59 Å². The summed E-state index contributed by atoms with van der Waals surface area (Å²) in [5.74, 6) is 0.349. The number of aryl methyl sites for hydroxylation is 1. The molecule has 26 heavy (non-hydrogen) atoms. The summed E-state index contributed by atoms with van der Waals surface area (Å²) in [6, 6.07) is 5.59. The molecule has 3 N–H and O–H groups in total. The number of carbonyl (C=O) groups is 2. The number of amides is 2. The third-order valence-electron chi connectivity index (χ3n) is 4.94. The molecule has 1 aromatic rings. The molecule has 1 atom stereocenters. The molecule has 1 saturated heterocycles. The van der Waals surface area contributed by atoms with Crippen molar-refractivity contribution in [3.63, 3.8) is 0 Å². The highest BCUT2D eigenvalue weighted by Crippen LogP contribution is 2.29. The van der Waals surface area contributed by atoms with Crippen molar-refractivity contribution in [1.82, 2.24) is 4.90 Å². The molecule has 1 heterocycles. The summed E-state index contributed by atoms with van der Waals surface area (Å²) in [5.41, 5.74) is 8.41. The predicted octanol–water partition coefficient (Wildman–Crippen LogP) is 3.60.